The zero-order chi connectivity index (χ0) is 17.2. The summed E-state index contributed by atoms with van der Waals surface area (Å²) in [4.78, 5) is 11.5. The molecule has 0 saturated heterocycles. The molecule has 0 aromatic heterocycles. The summed E-state index contributed by atoms with van der Waals surface area (Å²) in [5, 5.41) is 8.37. The molecular weight excluding hydrogens is 320 g/mol. The van der Waals surface area contributed by atoms with Crippen LogP contribution in [0.2, 0.25) is 0 Å². The molecule has 1 unspecified atom stereocenters. The van der Waals surface area contributed by atoms with Crippen molar-refractivity contribution in [3.05, 3.63) is 95.1 Å². The first-order valence-electron chi connectivity index (χ1n) is 7.62. The van der Waals surface area contributed by atoms with Gasteiger partial charge in [0.2, 0.25) is 0 Å². The molecule has 3 rings (SSSR count). The first-order chi connectivity index (χ1) is 11.5. The van der Waals surface area contributed by atoms with E-state index in [-0.39, 0.29) is 11.5 Å². The first-order valence-corrected chi connectivity index (χ1v) is 8.00. The van der Waals surface area contributed by atoms with Crippen molar-refractivity contribution >= 4 is 23.1 Å². The standard InChI is InChI=1S/C20H17ClN2O/c21-20(23)12-11-16(18(24)15-9-5-2-6-10-15)17(19(20)22)13-14-7-3-1-4-8-14/h1-12,22H,13,23H2. The number of hydrogen-bond donors (Lipinski definition) is 2. The summed E-state index contributed by atoms with van der Waals surface area (Å²) in [6, 6.07) is 18.7. The van der Waals surface area contributed by atoms with Crippen LogP contribution >= 0.6 is 11.6 Å². The zero-order valence-electron chi connectivity index (χ0n) is 13.0. The second-order valence-corrected chi connectivity index (χ2v) is 6.35. The number of carbonyl (C=O) groups excluding carboxylic acids is 1. The molecule has 1 aliphatic carbocycles. The molecule has 0 spiro atoms. The van der Waals surface area contributed by atoms with E-state index in [0.717, 1.165) is 5.56 Å². The summed E-state index contributed by atoms with van der Waals surface area (Å²) in [7, 11) is 0. The Labute approximate surface area is 146 Å². The minimum absolute atomic E-state index is 0.0646. The third-order valence-corrected chi connectivity index (χ3v) is 4.32. The van der Waals surface area contributed by atoms with Crippen LogP contribution in [0.3, 0.4) is 0 Å². The average Bonchev–Trinajstić information content (AvgIpc) is 2.60. The highest BCUT2D eigenvalue weighted by molar-refractivity contribution is 6.41. The van der Waals surface area contributed by atoms with Gasteiger partial charge >= 0.3 is 0 Å². The minimum atomic E-state index is -1.38. The number of carbonyl (C=O) groups is 1. The summed E-state index contributed by atoms with van der Waals surface area (Å²) in [5.74, 6) is -0.130. The van der Waals surface area contributed by atoms with Crippen molar-refractivity contribution in [3.63, 3.8) is 0 Å². The number of nitrogens with one attached hydrogen (secondary N) is 1. The van der Waals surface area contributed by atoms with Crippen LogP contribution in [0.25, 0.3) is 0 Å². The van der Waals surface area contributed by atoms with Gasteiger partial charge in [-0.1, -0.05) is 78.3 Å². The number of ketones is 1. The summed E-state index contributed by atoms with van der Waals surface area (Å²) < 4.78 is 0. The van der Waals surface area contributed by atoms with Crippen molar-refractivity contribution in [2.45, 2.75) is 11.4 Å². The van der Waals surface area contributed by atoms with Crippen LogP contribution < -0.4 is 5.73 Å². The Balaban J connectivity index is 2.07. The number of benzene rings is 2. The van der Waals surface area contributed by atoms with Gasteiger partial charge in [0.25, 0.3) is 0 Å². The van der Waals surface area contributed by atoms with Crippen LogP contribution in [0.4, 0.5) is 0 Å². The summed E-state index contributed by atoms with van der Waals surface area (Å²) >= 11 is 6.22. The summed E-state index contributed by atoms with van der Waals surface area (Å²) in [6.07, 6.45) is 3.57. The molecule has 0 amide bonds. The number of hydrogen-bond acceptors (Lipinski definition) is 3. The van der Waals surface area contributed by atoms with Gasteiger partial charge in [-0.2, -0.15) is 0 Å². The van der Waals surface area contributed by atoms with Crippen molar-refractivity contribution in [2.24, 2.45) is 5.73 Å². The number of Topliss-reactive ketones (excluding diaryl/α,β-unsaturated/α-hetero) is 1. The van der Waals surface area contributed by atoms with Gasteiger partial charge in [0.1, 0.15) is 0 Å². The van der Waals surface area contributed by atoms with Crippen molar-refractivity contribution in [3.8, 4) is 0 Å². The Morgan fingerprint density at radius 2 is 1.62 bits per heavy atom. The smallest absolute Gasteiger partial charge is 0.193 e. The molecule has 4 heteroatoms. The fourth-order valence-corrected chi connectivity index (χ4v) is 2.87. The molecule has 0 radical (unpaired) electrons. The molecule has 0 heterocycles. The fraction of sp³-hybridized carbons (Fsp3) is 0.100. The minimum Gasteiger partial charge on any atom is -0.304 e. The van der Waals surface area contributed by atoms with Crippen LogP contribution in [0.5, 0.6) is 0 Å². The van der Waals surface area contributed by atoms with Gasteiger partial charge in [0.15, 0.2) is 10.8 Å². The number of alkyl halides is 1. The summed E-state index contributed by atoms with van der Waals surface area (Å²) in [5.41, 5.74) is 8.65. The molecule has 0 aliphatic heterocycles. The molecule has 3 N–H and O–H groups in total. The fourth-order valence-electron chi connectivity index (χ4n) is 2.70. The second kappa shape index (κ2) is 6.56. The van der Waals surface area contributed by atoms with E-state index in [1.807, 2.05) is 48.5 Å². The van der Waals surface area contributed by atoms with E-state index in [1.165, 1.54) is 6.08 Å². The number of rotatable bonds is 4. The third kappa shape index (κ3) is 3.23. The van der Waals surface area contributed by atoms with E-state index in [1.54, 1.807) is 18.2 Å². The van der Waals surface area contributed by atoms with E-state index in [0.29, 0.717) is 23.1 Å². The Kier molecular flexibility index (Phi) is 4.47. The molecule has 1 atom stereocenters. The van der Waals surface area contributed by atoms with Crippen LogP contribution in [-0.4, -0.2) is 16.5 Å². The largest absolute Gasteiger partial charge is 0.304 e. The number of nitrogens with two attached hydrogens (primary N) is 1. The van der Waals surface area contributed by atoms with Crippen molar-refractivity contribution in [1.29, 1.82) is 5.41 Å². The van der Waals surface area contributed by atoms with E-state index in [4.69, 9.17) is 22.7 Å². The predicted octanol–water partition coefficient (Wildman–Crippen LogP) is 3.89. The lowest BCUT2D eigenvalue weighted by Gasteiger charge is -2.27. The first kappa shape index (κ1) is 16.4. The van der Waals surface area contributed by atoms with E-state index in [9.17, 15) is 4.79 Å². The van der Waals surface area contributed by atoms with Gasteiger partial charge in [-0.05, 0) is 17.2 Å². The van der Waals surface area contributed by atoms with Crippen LogP contribution in [0, 0.1) is 5.41 Å². The lowest BCUT2D eigenvalue weighted by Crippen LogP contribution is -2.43. The normalized spacial score (nSPS) is 20.3. The van der Waals surface area contributed by atoms with E-state index >= 15 is 0 Å². The van der Waals surface area contributed by atoms with Crippen molar-refractivity contribution in [1.82, 2.24) is 0 Å². The Morgan fingerprint density at radius 3 is 2.25 bits per heavy atom. The van der Waals surface area contributed by atoms with Gasteiger partial charge in [0, 0.05) is 17.6 Å². The Hall–Kier alpha value is -2.49. The Morgan fingerprint density at radius 1 is 1.04 bits per heavy atom. The van der Waals surface area contributed by atoms with Gasteiger partial charge in [-0.3, -0.25) is 4.79 Å². The second-order valence-electron chi connectivity index (χ2n) is 5.73. The molecule has 3 nitrogen and oxygen atoms in total. The molecule has 1 aliphatic rings. The molecule has 0 saturated carbocycles. The predicted molar refractivity (Wildman–Crippen MR) is 97.6 cm³/mol. The van der Waals surface area contributed by atoms with Crippen molar-refractivity contribution < 1.29 is 4.79 Å². The Bertz CT molecular complexity index is 836. The van der Waals surface area contributed by atoms with Crippen LogP contribution in [0.15, 0.2) is 84.0 Å². The number of allylic oxidation sites excluding steroid dienone is 2. The number of halogens is 1. The molecule has 0 bridgehead atoms. The molecule has 2 aromatic carbocycles. The zero-order valence-corrected chi connectivity index (χ0v) is 13.8. The quantitative estimate of drug-likeness (QED) is 0.505. The van der Waals surface area contributed by atoms with Gasteiger partial charge in [0.05, 0.1) is 5.71 Å². The van der Waals surface area contributed by atoms with Crippen LogP contribution in [-0.2, 0) is 6.42 Å². The van der Waals surface area contributed by atoms with Gasteiger partial charge in [-0.15, -0.1) is 0 Å². The maximum absolute atomic E-state index is 12.9. The van der Waals surface area contributed by atoms with Crippen molar-refractivity contribution in [2.75, 3.05) is 0 Å². The van der Waals surface area contributed by atoms with Crippen LogP contribution in [0.1, 0.15) is 15.9 Å². The highest BCUT2D eigenvalue weighted by atomic mass is 35.5. The topological polar surface area (TPSA) is 66.9 Å². The third-order valence-electron chi connectivity index (χ3n) is 4.01. The molecular formula is C20H17ClN2O. The molecule has 0 fully saturated rings. The lowest BCUT2D eigenvalue weighted by molar-refractivity contribution is 0.103. The highest BCUT2D eigenvalue weighted by Crippen LogP contribution is 2.29. The molecule has 24 heavy (non-hydrogen) atoms. The average molecular weight is 337 g/mol. The maximum atomic E-state index is 12.9. The molecule has 2 aromatic rings. The van der Waals surface area contributed by atoms with Gasteiger partial charge in [-0.25, -0.2) is 0 Å². The lowest BCUT2D eigenvalue weighted by atomic mass is 9.85. The summed E-state index contributed by atoms with van der Waals surface area (Å²) in [6.45, 7) is 0. The monoisotopic (exact) mass is 336 g/mol. The molecule has 120 valence electrons. The SMILES string of the molecule is N=C1C(Cc2ccccc2)=C(C(=O)c2ccccc2)C=CC1(N)Cl. The van der Waals surface area contributed by atoms with E-state index in [2.05, 4.69) is 0 Å². The van der Waals surface area contributed by atoms with Gasteiger partial charge < -0.3 is 11.1 Å². The van der Waals surface area contributed by atoms with E-state index < -0.39 is 5.00 Å². The highest BCUT2D eigenvalue weighted by Gasteiger charge is 2.33. The maximum Gasteiger partial charge on any atom is 0.193 e.